The first-order chi connectivity index (χ1) is 9.01. The van der Waals surface area contributed by atoms with Crippen molar-refractivity contribution < 1.29 is 19.1 Å². The summed E-state index contributed by atoms with van der Waals surface area (Å²) in [6.45, 7) is 6.06. The minimum absolute atomic E-state index is 0.0644. The molecule has 0 spiro atoms. The Kier molecular flexibility index (Phi) is 5.57. The van der Waals surface area contributed by atoms with Crippen LogP contribution >= 0.6 is 0 Å². The highest BCUT2D eigenvalue weighted by atomic mass is 16.5. The van der Waals surface area contributed by atoms with E-state index in [-0.39, 0.29) is 23.9 Å². The van der Waals surface area contributed by atoms with E-state index in [1.807, 2.05) is 20.8 Å². The monoisotopic (exact) mass is 269 g/mol. The van der Waals surface area contributed by atoms with Crippen molar-refractivity contribution in [2.24, 2.45) is 0 Å². The number of nitrogens with one attached hydrogen (secondary N) is 1. The minimum atomic E-state index is -0.488. The molecule has 0 aromatic carbocycles. The molecule has 0 radical (unpaired) electrons. The van der Waals surface area contributed by atoms with Gasteiger partial charge in [0.1, 0.15) is 5.76 Å². The van der Waals surface area contributed by atoms with Gasteiger partial charge in [0.25, 0.3) is 0 Å². The van der Waals surface area contributed by atoms with Crippen LogP contribution < -0.4 is 5.32 Å². The Morgan fingerprint density at radius 3 is 2.58 bits per heavy atom. The number of esters is 1. The van der Waals surface area contributed by atoms with Crippen LogP contribution in [0.1, 0.15) is 56.0 Å². The summed E-state index contributed by atoms with van der Waals surface area (Å²) < 4.78 is 10.1. The number of aliphatic hydroxyl groups is 1. The van der Waals surface area contributed by atoms with E-state index in [1.165, 1.54) is 7.11 Å². The summed E-state index contributed by atoms with van der Waals surface area (Å²) in [5, 5.41) is 12.9. The first-order valence-electron chi connectivity index (χ1n) is 6.58. The van der Waals surface area contributed by atoms with Crippen molar-refractivity contribution in [2.75, 3.05) is 13.7 Å². The molecule has 1 heterocycles. The predicted octanol–water partition coefficient (Wildman–Crippen LogP) is 2.27. The van der Waals surface area contributed by atoms with E-state index in [4.69, 9.17) is 4.42 Å². The van der Waals surface area contributed by atoms with Gasteiger partial charge in [0, 0.05) is 5.54 Å². The summed E-state index contributed by atoms with van der Waals surface area (Å²) >= 11 is 0. The maximum absolute atomic E-state index is 11.3. The van der Waals surface area contributed by atoms with Crippen LogP contribution in [0.4, 0.5) is 0 Å². The van der Waals surface area contributed by atoms with Crippen molar-refractivity contribution in [1.29, 1.82) is 0 Å². The Hall–Kier alpha value is -1.33. The van der Waals surface area contributed by atoms with Crippen LogP contribution in [0.3, 0.4) is 0 Å². The Labute approximate surface area is 113 Å². The fourth-order valence-electron chi connectivity index (χ4n) is 2.05. The molecule has 2 N–H and O–H groups in total. The summed E-state index contributed by atoms with van der Waals surface area (Å²) in [7, 11) is 1.32. The molecule has 0 aliphatic carbocycles. The summed E-state index contributed by atoms with van der Waals surface area (Å²) in [5.41, 5.74) is -0.322. The first-order valence-corrected chi connectivity index (χ1v) is 6.58. The van der Waals surface area contributed by atoms with Crippen LogP contribution in [0.5, 0.6) is 0 Å². The number of ether oxygens (including phenoxy) is 1. The van der Waals surface area contributed by atoms with Gasteiger partial charge in [0.05, 0.1) is 19.8 Å². The van der Waals surface area contributed by atoms with E-state index in [0.29, 0.717) is 5.76 Å². The standard InChI is InChI=1S/C14H23NO4/c1-5-14(6-2,9-16)15-10(3)11-7-8-12(19-11)13(17)18-4/h7-8,10,15-16H,5-6,9H2,1-4H3. The van der Waals surface area contributed by atoms with E-state index >= 15 is 0 Å². The lowest BCUT2D eigenvalue weighted by Gasteiger charge is -2.33. The fraction of sp³-hybridized carbons (Fsp3) is 0.643. The summed E-state index contributed by atoms with van der Waals surface area (Å²) in [4.78, 5) is 11.3. The van der Waals surface area contributed by atoms with Crippen molar-refractivity contribution in [3.05, 3.63) is 23.7 Å². The Morgan fingerprint density at radius 1 is 1.47 bits per heavy atom. The van der Waals surface area contributed by atoms with Crippen LogP contribution in [0.2, 0.25) is 0 Å². The minimum Gasteiger partial charge on any atom is -0.463 e. The molecule has 19 heavy (non-hydrogen) atoms. The predicted molar refractivity (Wildman–Crippen MR) is 72.0 cm³/mol. The third-order valence-corrected chi connectivity index (χ3v) is 3.62. The maximum atomic E-state index is 11.3. The van der Waals surface area contributed by atoms with Gasteiger partial charge < -0.3 is 14.3 Å². The molecule has 5 heteroatoms. The SMILES string of the molecule is CCC(CC)(CO)NC(C)c1ccc(C(=O)OC)o1. The second-order valence-corrected chi connectivity index (χ2v) is 4.71. The normalized spacial score (nSPS) is 13.3. The van der Waals surface area contributed by atoms with Gasteiger partial charge >= 0.3 is 5.97 Å². The molecule has 5 nitrogen and oxygen atoms in total. The number of carbonyl (C=O) groups is 1. The van der Waals surface area contributed by atoms with Crippen molar-refractivity contribution in [1.82, 2.24) is 5.32 Å². The molecule has 0 aliphatic heterocycles. The number of carbonyl (C=O) groups excluding carboxylic acids is 1. The summed E-state index contributed by atoms with van der Waals surface area (Å²) in [5.74, 6) is 0.353. The van der Waals surface area contributed by atoms with Gasteiger partial charge in [-0.05, 0) is 31.9 Å². The number of rotatable bonds is 7. The average Bonchev–Trinajstić information content (AvgIpc) is 2.93. The second kappa shape index (κ2) is 6.73. The summed E-state index contributed by atoms with van der Waals surface area (Å²) in [6, 6.07) is 3.25. The first kappa shape index (κ1) is 15.7. The summed E-state index contributed by atoms with van der Waals surface area (Å²) in [6.07, 6.45) is 1.63. The number of methoxy groups -OCH3 is 1. The maximum Gasteiger partial charge on any atom is 0.373 e. The van der Waals surface area contributed by atoms with Crippen molar-refractivity contribution in [3.8, 4) is 0 Å². The van der Waals surface area contributed by atoms with Gasteiger partial charge in [-0.3, -0.25) is 5.32 Å². The van der Waals surface area contributed by atoms with Gasteiger partial charge in [-0.1, -0.05) is 13.8 Å². The van der Waals surface area contributed by atoms with Crippen LogP contribution in [-0.2, 0) is 4.74 Å². The highest BCUT2D eigenvalue weighted by molar-refractivity contribution is 5.86. The highest BCUT2D eigenvalue weighted by Crippen LogP contribution is 2.23. The van der Waals surface area contributed by atoms with Gasteiger partial charge in [-0.15, -0.1) is 0 Å². The van der Waals surface area contributed by atoms with E-state index in [1.54, 1.807) is 12.1 Å². The molecule has 1 rings (SSSR count). The van der Waals surface area contributed by atoms with E-state index < -0.39 is 5.97 Å². The molecule has 1 aromatic heterocycles. The third kappa shape index (κ3) is 3.58. The van der Waals surface area contributed by atoms with E-state index in [2.05, 4.69) is 10.1 Å². The molecule has 108 valence electrons. The highest BCUT2D eigenvalue weighted by Gasteiger charge is 2.28. The Morgan fingerprint density at radius 2 is 2.11 bits per heavy atom. The molecular weight excluding hydrogens is 246 g/mol. The molecule has 0 fully saturated rings. The molecule has 0 amide bonds. The topological polar surface area (TPSA) is 71.7 Å². The zero-order valence-electron chi connectivity index (χ0n) is 12.0. The molecule has 1 atom stereocenters. The molecule has 0 saturated heterocycles. The van der Waals surface area contributed by atoms with Gasteiger partial charge in [-0.25, -0.2) is 4.79 Å². The largest absolute Gasteiger partial charge is 0.463 e. The molecule has 0 aliphatic rings. The molecule has 0 bridgehead atoms. The lowest BCUT2D eigenvalue weighted by atomic mass is 9.92. The lowest BCUT2D eigenvalue weighted by Crippen LogP contribution is -2.48. The van der Waals surface area contributed by atoms with E-state index in [9.17, 15) is 9.90 Å². The second-order valence-electron chi connectivity index (χ2n) is 4.71. The van der Waals surface area contributed by atoms with Crippen molar-refractivity contribution in [3.63, 3.8) is 0 Å². The smallest absolute Gasteiger partial charge is 0.373 e. The number of aliphatic hydroxyl groups excluding tert-OH is 1. The molecule has 0 saturated carbocycles. The molecular formula is C14H23NO4. The van der Waals surface area contributed by atoms with Crippen LogP contribution in [-0.4, -0.2) is 30.3 Å². The Bertz CT molecular complexity index is 401. The van der Waals surface area contributed by atoms with Gasteiger partial charge in [-0.2, -0.15) is 0 Å². The third-order valence-electron chi connectivity index (χ3n) is 3.62. The lowest BCUT2D eigenvalue weighted by molar-refractivity contribution is 0.0560. The van der Waals surface area contributed by atoms with Crippen LogP contribution in [0, 0.1) is 0 Å². The number of hydrogen-bond donors (Lipinski definition) is 2. The Balaban J connectivity index is 2.80. The van der Waals surface area contributed by atoms with Crippen LogP contribution in [0.25, 0.3) is 0 Å². The van der Waals surface area contributed by atoms with Gasteiger partial charge in [0.15, 0.2) is 0 Å². The zero-order valence-corrected chi connectivity index (χ0v) is 12.0. The fourth-order valence-corrected chi connectivity index (χ4v) is 2.05. The quantitative estimate of drug-likeness (QED) is 0.743. The van der Waals surface area contributed by atoms with Gasteiger partial charge in [0.2, 0.25) is 5.76 Å². The number of furan rings is 1. The van der Waals surface area contributed by atoms with Crippen LogP contribution in [0.15, 0.2) is 16.5 Å². The van der Waals surface area contributed by atoms with Crippen molar-refractivity contribution in [2.45, 2.75) is 45.2 Å². The molecule has 1 unspecified atom stereocenters. The number of hydrogen-bond acceptors (Lipinski definition) is 5. The molecule has 1 aromatic rings. The van der Waals surface area contributed by atoms with Crippen molar-refractivity contribution >= 4 is 5.97 Å². The average molecular weight is 269 g/mol. The van der Waals surface area contributed by atoms with E-state index in [0.717, 1.165) is 12.8 Å². The zero-order chi connectivity index (χ0) is 14.5.